The molecule has 2 rings (SSSR count). The molecule has 0 saturated heterocycles. The van der Waals surface area contributed by atoms with Crippen LogP contribution < -0.4 is 5.32 Å². The molecule has 0 aliphatic heterocycles. The van der Waals surface area contributed by atoms with Crippen LogP contribution in [0.1, 0.15) is 21.6 Å². The maximum Gasteiger partial charge on any atom is 0.261 e. The SMILES string of the molecule is Cc1[nH]c2ccc(C(=O)NCCOCC(F)F)cc2c1C. The smallest absolute Gasteiger partial charge is 0.261 e. The third-order valence-corrected chi connectivity index (χ3v) is 3.35. The number of aryl methyl sites for hydroxylation is 2. The van der Waals surface area contributed by atoms with Crippen LogP contribution in [0.4, 0.5) is 8.78 Å². The molecule has 0 aliphatic carbocycles. The molecule has 1 aromatic carbocycles. The molecule has 0 unspecified atom stereocenters. The van der Waals surface area contributed by atoms with Crippen LogP contribution in [-0.4, -0.2) is 37.1 Å². The van der Waals surface area contributed by atoms with Crippen molar-refractivity contribution in [2.75, 3.05) is 19.8 Å². The fourth-order valence-corrected chi connectivity index (χ4v) is 2.11. The van der Waals surface area contributed by atoms with E-state index in [9.17, 15) is 13.6 Å². The van der Waals surface area contributed by atoms with E-state index in [4.69, 9.17) is 4.74 Å². The average Bonchev–Trinajstić information content (AvgIpc) is 2.73. The molecule has 0 fully saturated rings. The van der Waals surface area contributed by atoms with Crippen molar-refractivity contribution in [1.82, 2.24) is 10.3 Å². The fourth-order valence-electron chi connectivity index (χ4n) is 2.11. The first-order valence-corrected chi connectivity index (χ1v) is 6.72. The van der Waals surface area contributed by atoms with Gasteiger partial charge in [-0.25, -0.2) is 8.78 Å². The summed E-state index contributed by atoms with van der Waals surface area (Å²) in [7, 11) is 0. The number of amides is 1. The molecule has 0 bridgehead atoms. The zero-order valence-electron chi connectivity index (χ0n) is 12.0. The van der Waals surface area contributed by atoms with Crippen molar-refractivity contribution in [2.45, 2.75) is 20.3 Å². The third kappa shape index (κ3) is 3.78. The summed E-state index contributed by atoms with van der Waals surface area (Å²) in [4.78, 5) is 15.2. The number of halogens is 2. The zero-order chi connectivity index (χ0) is 15.4. The normalized spacial score (nSPS) is 11.3. The van der Waals surface area contributed by atoms with E-state index < -0.39 is 13.0 Å². The molecule has 4 nitrogen and oxygen atoms in total. The zero-order valence-corrected chi connectivity index (χ0v) is 12.0. The maximum absolute atomic E-state index is 12.0. The summed E-state index contributed by atoms with van der Waals surface area (Å²) in [5.41, 5.74) is 3.71. The number of carbonyl (C=O) groups excluding carboxylic acids is 1. The van der Waals surface area contributed by atoms with Crippen LogP contribution in [0.25, 0.3) is 10.9 Å². The number of aromatic nitrogens is 1. The number of rotatable bonds is 6. The second-order valence-corrected chi connectivity index (χ2v) is 4.86. The number of nitrogens with one attached hydrogen (secondary N) is 2. The van der Waals surface area contributed by atoms with Gasteiger partial charge in [-0.15, -0.1) is 0 Å². The Morgan fingerprint density at radius 3 is 2.86 bits per heavy atom. The summed E-state index contributed by atoms with van der Waals surface area (Å²) < 4.78 is 28.4. The van der Waals surface area contributed by atoms with Gasteiger partial charge >= 0.3 is 0 Å². The lowest BCUT2D eigenvalue weighted by Crippen LogP contribution is -2.27. The summed E-state index contributed by atoms with van der Waals surface area (Å²) in [6.07, 6.45) is -2.48. The van der Waals surface area contributed by atoms with Crippen molar-refractivity contribution < 1.29 is 18.3 Å². The molecule has 2 N–H and O–H groups in total. The standard InChI is InChI=1S/C15H18F2N2O2/c1-9-10(2)19-13-4-3-11(7-12(9)13)15(20)18-5-6-21-8-14(16)17/h3-4,7,14,19H,5-6,8H2,1-2H3,(H,18,20). The van der Waals surface area contributed by atoms with E-state index in [0.717, 1.165) is 22.2 Å². The van der Waals surface area contributed by atoms with Gasteiger partial charge in [0.1, 0.15) is 6.61 Å². The first-order valence-electron chi connectivity index (χ1n) is 6.72. The number of alkyl halides is 2. The average molecular weight is 296 g/mol. The van der Waals surface area contributed by atoms with E-state index in [1.54, 1.807) is 6.07 Å². The Labute approximate surface area is 121 Å². The molecular weight excluding hydrogens is 278 g/mol. The monoisotopic (exact) mass is 296 g/mol. The molecular formula is C15H18F2N2O2. The highest BCUT2D eigenvalue weighted by molar-refractivity contribution is 5.99. The summed E-state index contributed by atoms with van der Waals surface area (Å²) in [6, 6.07) is 5.41. The van der Waals surface area contributed by atoms with E-state index in [1.165, 1.54) is 0 Å². The molecule has 0 spiro atoms. The molecule has 114 valence electrons. The number of ether oxygens (including phenoxy) is 1. The minimum atomic E-state index is -2.48. The van der Waals surface area contributed by atoms with Crippen LogP contribution >= 0.6 is 0 Å². The van der Waals surface area contributed by atoms with Crippen LogP contribution in [0.15, 0.2) is 18.2 Å². The van der Waals surface area contributed by atoms with Crippen LogP contribution in [0.5, 0.6) is 0 Å². The Hall–Kier alpha value is -1.95. The molecule has 2 aromatic rings. The molecule has 0 radical (unpaired) electrons. The lowest BCUT2D eigenvalue weighted by atomic mass is 10.1. The quantitative estimate of drug-likeness (QED) is 0.805. The molecule has 1 heterocycles. The predicted octanol–water partition coefficient (Wildman–Crippen LogP) is 2.80. The van der Waals surface area contributed by atoms with Gasteiger partial charge in [0, 0.05) is 28.7 Å². The van der Waals surface area contributed by atoms with E-state index in [1.807, 2.05) is 26.0 Å². The maximum atomic E-state index is 12.0. The second-order valence-electron chi connectivity index (χ2n) is 4.86. The Balaban J connectivity index is 1.95. The predicted molar refractivity (Wildman–Crippen MR) is 76.9 cm³/mol. The largest absolute Gasteiger partial charge is 0.374 e. The highest BCUT2D eigenvalue weighted by Gasteiger charge is 2.09. The van der Waals surface area contributed by atoms with Crippen molar-refractivity contribution in [3.8, 4) is 0 Å². The fraction of sp³-hybridized carbons (Fsp3) is 0.400. The van der Waals surface area contributed by atoms with E-state index in [0.29, 0.717) is 5.56 Å². The van der Waals surface area contributed by atoms with E-state index >= 15 is 0 Å². The van der Waals surface area contributed by atoms with Crippen LogP contribution in [0.3, 0.4) is 0 Å². The number of hydrogen-bond donors (Lipinski definition) is 2. The van der Waals surface area contributed by atoms with Crippen LogP contribution in [0.2, 0.25) is 0 Å². The van der Waals surface area contributed by atoms with Gasteiger partial charge in [-0.3, -0.25) is 4.79 Å². The van der Waals surface area contributed by atoms with Gasteiger partial charge in [0.25, 0.3) is 12.3 Å². The summed E-state index contributed by atoms with van der Waals surface area (Å²) in [5, 5.41) is 3.65. The number of carbonyl (C=O) groups is 1. The topological polar surface area (TPSA) is 54.1 Å². The molecule has 0 saturated carbocycles. The van der Waals surface area contributed by atoms with Gasteiger partial charge in [0.05, 0.1) is 6.61 Å². The number of benzene rings is 1. The summed E-state index contributed by atoms with van der Waals surface area (Å²) >= 11 is 0. The first-order chi connectivity index (χ1) is 9.99. The molecule has 1 amide bonds. The minimum Gasteiger partial charge on any atom is -0.374 e. The lowest BCUT2D eigenvalue weighted by Gasteiger charge is -2.06. The third-order valence-electron chi connectivity index (χ3n) is 3.35. The van der Waals surface area contributed by atoms with Crippen molar-refractivity contribution >= 4 is 16.8 Å². The van der Waals surface area contributed by atoms with Crippen LogP contribution in [0, 0.1) is 13.8 Å². The molecule has 0 aliphatic rings. The molecule has 6 heteroatoms. The van der Waals surface area contributed by atoms with Gasteiger partial charge in [0.15, 0.2) is 0 Å². The summed E-state index contributed by atoms with van der Waals surface area (Å²) in [5.74, 6) is -0.240. The minimum absolute atomic E-state index is 0.0701. The Morgan fingerprint density at radius 1 is 1.38 bits per heavy atom. The van der Waals surface area contributed by atoms with Gasteiger partial charge in [-0.1, -0.05) is 0 Å². The number of fused-ring (bicyclic) bond motifs is 1. The Morgan fingerprint density at radius 2 is 2.14 bits per heavy atom. The molecule has 0 atom stereocenters. The molecule has 21 heavy (non-hydrogen) atoms. The second kappa shape index (κ2) is 6.67. The van der Waals surface area contributed by atoms with Crippen molar-refractivity contribution in [2.24, 2.45) is 0 Å². The number of aromatic amines is 1. The van der Waals surface area contributed by atoms with Gasteiger partial charge in [-0.05, 0) is 37.6 Å². The molecule has 1 aromatic heterocycles. The van der Waals surface area contributed by atoms with Crippen molar-refractivity contribution in [3.63, 3.8) is 0 Å². The van der Waals surface area contributed by atoms with Crippen molar-refractivity contribution in [3.05, 3.63) is 35.0 Å². The Bertz CT molecular complexity index is 638. The highest BCUT2D eigenvalue weighted by Crippen LogP contribution is 2.22. The van der Waals surface area contributed by atoms with E-state index in [2.05, 4.69) is 10.3 Å². The highest BCUT2D eigenvalue weighted by atomic mass is 19.3. The van der Waals surface area contributed by atoms with Gasteiger partial charge < -0.3 is 15.0 Å². The number of H-pyrrole nitrogens is 1. The first kappa shape index (κ1) is 15.4. The lowest BCUT2D eigenvalue weighted by molar-refractivity contribution is 0.0188. The van der Waals surface area contributed by atoms with E-state index in [-0.39, 0.29) is 19.1 Å². The van der Waals surface area contributed by atoms with Gasteiger partial charge in [-0.2, -0.15) is 0 Å². The van der Waals surface area contributed by atoms with Gasteiger partial charge in [0.2, 0.25) is 0 Å². The van der Waals surface area contributed by atoms with Crippen LogP contribution in [-0.2, 0) is 4.74 Å². The van der Waals surface area contributed by atoms with Crippen molar-refractivity contribution in [1.29, 1.82) is 0 Å². The Kier molecular flexibility index (Phi) is 4.90. The summed E-state index contributed by atoms with van der Waals surface area (Å²) in [6.45, 7) is 3.64. The number of hydrogen-bond acceptors (Lipinski definition) is 2.